The van der Waals surface area contributed by atoms with Crippen molar-refractivity contribution >= 4 is 51.3 Å². The zero-order valence-corrected chi connectivity index (χ0v) is 17.4. The molecule has 150 valence electrons. The van der Waals surface area contributed by atoms with Crippen LogP contribution in [0.1, 0.15) is 23.2 Å². The molecule has 29 heavy (non-hydrogen) atoms. The van der Waals surface area contributed by atoms with Crippen LogP contribution in [-0.2, 0) is 4.74 Å². The molecule has 6 heteroatoms. The predicted octanol–water partition coefficient (Wildman–Crippen LogP) is 6.05. The summed E-state index contributed by atoms with van der Waals surface area (Å²) in [6.45, 7) is 2.23. The van der Waals surface area contributed by atoms with E-state index in [2.05, 4.69) is 10.6 Å². The molecule has 4 nitrogen and oxygen atoms in total. The first kappa shape index (κ1) is 20.0. The van der Waals surface area contributed by atoms with Crippen molar-refractivity contribution in [2.75, 3.05) is 25.1 Å². The van der Waals surface area contributed by atoms with Crippen molar-refractivity contribution in [2.45, 2.75) is 12.8 Å². The van der Waals surface area contributed by atoms with Gasteiger partial charge < -0.3 is 15.4 Å². The van der Waals surface area contributed by atoms with Gasteiger partial charge in [-0.25, -0.2) is 0 Å². The Labute approximate surface area is 180 Å². The number of carbonyl (C=O) groups excluding carboxylic acids is 1. The third-order valence-corrected chi connectivity index (χ3v) is 5.81. The quantitative estimate of drug-likeness (QED) is 0.520. The van der Waals surface area contributed by atoms with Crippen LogP contribution >= 0.6 is 23.2 Å². The Kier molecular flexibility index (Phi) is 6.24. The summed E-state index contributed by atoms with van der Waals surface area (Å²) in [6.07, 6.45) is 1.98. The molecule has 0 atom stereocenters. The number of hydrogen-bond acceptors (Lipinski definition) is 3. The van der Waals surface area contributed by atoms with Gasteiger partial charge in [0, 0.05) is 41.4 Å². The van der Waals surface area contributed by atoms with Gasteiger partial charge in [-0.3, -0.25) is 4.79 Å². The third-order valence-electron chi connectivity index (χ3n) is 5.26. The first-order valence-corrected chi connectivity index (χ1v) is 10.5. The van der Waals surface area contributed by atoms with Gasteiger partial charge in [-0.2, -0.15) is 0 Å². The fourth-order valence-electron chi connectivity index (χ4n) is 3.62. The van der Waals surface area contributed by atoms with Crippen molar-refractivity contribution in [3.05, 3.63) is 70.2 Å². The molecule has 1 fully saturated rings. The molecule has 1 heterocycles. The summed E-state index contributed by atoms with van der Waals surface area (Å²) in [6, 6.07) is 17.0. The average Bonchev–Trinajstić information content (AvgIpc) is 2.75. The van der Waals surface area contributed by atoms with Gasteiger partial charge in [-0.1, -0.05) is 47.5 Å². The standard InChI is InChI=1S/C23H22Cl2N2O2/c24-16-5-7-22(20(25)13-16)27-21-8-6-19(17-3-1-2-4-18(17)21)23(28)26-14-15-9-11-29-12-10-15/h1-8,13,15,27H,9-12,14H2,(H,26,28). The van der Waals surface area contributed by atoms with Gasteiger partial charge >= 0.3 is 0 Å². The van der Waals surface area contributed by atoms with E-state index in [0.717, 1.165) is 48.2 Å². The molecule has 0 aliphatic carbocycles. The number of hydrogen-bond donors (Lipinski definition) is 2. The van der Waals surface area contributed by atoms with E-state index in [9.17, 15) is 4.79 Å². The number of carbonyl (C=O) groups is 1. The largest absolute Gasteiger partial charge is 0.381 e. The molecule has 2 N–H and O–H groups in total. The molecule has 1 amide bonds. The van der Waals surface area contributed by atoms with Crippen LogP contribution in [0, 0.1) is 5.92 Å². The lowest BCUT2D eigenvalue weighted by molar-refractivity contribution is 0.0643. The molecular formula is C23H22Cl2N2O2. The molecule has 1 aliphatic heterocycles. The van der Waals surface area contributed by atoms with Crippen LogP contribution in [0.2, 0.25) is 10.0 Å². The minimum Gasteiger partial charge on any atom is -0.381 e. The number of anilines is 2. The Hall–Kier alpha value is -2.27. The van der Waals surface area contributed by atoms with Gasteiger partial charge in [-0.15, -0.1) is 0 Å². The Morgan fingerprint density at radius 1 is 0.966 bits per heavy atom. The van der Waals surface area contributed by atoms with Gasteiger partial charge in [0.25, 0.3) is 5.91 Å². The highest BCUT2D eigenvalue weighted by atomic mass is 35.5. The summed E-state index contributed by atoms with van der Waals surface area (Å²) in [5, 5.41) is 9.43. The second-order valence-corrected chi connectivity index (χ2v) is 8.06. The summed E-state index contributed by atoms with van der Waals surface area (Å²) in [7, 11) is 0. The van der Waals surface area contributed by atoms with E-state index >= 15 is 0 Å². The predicted molar refractivity (Wildman–Crippen MR) is 120 cm³/mol. The molecule has 0 saturated carbocycles. The van der Waals surface area contributed by atoms with E-state index in [1.165, 1.54) is 0 Å². The number of rotatable bonds is 5. The molecular weight excluding hydrogens is 407 g/mol. The molecule has 3 aromatic carbocycles. The molecule has 0 unspecified atom stereocenters. The minimum atomic E-state index is -0.0521. The lowest BCUT2D eigenvalue weighted by atomic mass is 9.99. The number of amides is 1. The van der Waals surface area contributed by atoms with E-state index in [0.29, 0.717) is 28.1 Å². The van der Waals surface area contributed by atoms with Crippen LogP contribution < -0.4 is 10.6 Å². The SMILES string of the molecule is O=C(NCC1CCOCC1)c1ccc(Nc2ccc(Cl)cc2Cl)c2ccccc12. The molecule has 1 aliphatic rings. The summed E-state index contributed by atoms with van der Waals surface area (Å²) in [4.78, 5) is 12.9. The topological polar surface area (TPSA) is 50.4 Å². The lowest BCUT2D eigenvalue weighted by Gasteiger charge is -2.22. The van der Waals surface area contributed by atoms with Crippen molar-refractivity contribution in [3.8, 4) is 0 Å². The molecule has 4 rings (SSSR count). The molecule has 0 radical (unpaired) electrons. The lowest BCUT2D eigenvalue weighted by Crippen LogP contribution is -2.32. The fraction of sp³-hybridized carbons (Fsp3) is 0.261. The molecule has 0 bridgehead atoms. The normalized spacial score (nSPS) is 14.7. The van der Waals surface area contributed by atoms with Crippen LogP contribution in [0.4, 0.5) is 11.4 Å². The maximum absolute atomic E-state index is 12.9. The van der Waals surface area contributed by atoms with E-state index in [1.807, 2.05) is 42.5 Å². The van der Waals surface area contributed by atoms with E-state index in [4.69, 9.17) is 27.9 Å². The van der Waals surface area contributed by atoms with Crippen LogP contribution in [0.25, 0.3) is 10.8 Å². The van der Waals surface area contributed by atoms with Gasteiger partial charge in [-0.05, 0) is 54.5 Å². The molecule has 1 saturated heterocycles. The van der Waals surface area contributed by atoms with Gasteiger partial charge in [0.15, 0.2) is 0 Å². The Morgan fingerprint density at radius 3 is 2.45 bits per heavy atom. The highest BCUT2D eigenvalue weighted by molar-refractivity contribution is 6.36. The number of fused-ring (bicyclic) bond motifs is 1. The van der Waals surface area contributed by atoms with Crippen molar-refractivity contribution in [1.29, 1.82) is 0 Å². The number of benzene rings is 3. The summed E-state index contributed by atoms with van der Waals surface area (Å²) in [5.74, 6) is 0.427. The summed E-state index contributed by atoms with van der Waals surface area (Å²) in [5.41, 5.74) is 2.31. The first-order valence-electron chi connectivity index (χ1n) is 9.71. The maximum Gasteiger partial charge on any atom is 0.251 e. The van der Waals surface area contributed by atoms with Crippen LogP contribution in [-0.4, -0.2) is 25.7 Å². The number of nitrogens with one attached hydrogen (secondary N) is 2. The zero-order valence-electron chi connectivity index (χ0n) is 15.9. The smallest absolute Gasteiger partial charge is 0.251 e. The van der Waals surface area contributed by atoms with E-state index in [1.54, 1.807) is 12.1 Å². The Balaban J connectivity index is 1.58. The van der Waals surface area contributed by atoms with Crippen molar-refractivity contribution in [2.24, 2.45) is 5.92 Å². The Morgan fingerprint density at radius 2 is 1.69 bits per heavy atom. The highest BCUT2D eigenvalue weighted by Crippen LogP contribution is 2.33. The van der Waals surface area contributed by atoms with Crippen molar-refractivity contribution in [1.82, 2.24) is 5.32 Å². The summed E-state index contributed by atoms with van der Waals surface area (Å²) >= 11 is 12.3. The van der Waals surface area contributed by atoms with Crippen molar-refractivity contribution in [3.63, 3.8) is 0 Å². The summed E-state index contributed by atoms with van der Waals surface area (Å²) < 4.78 is 5.39. The monoisotopic (exact) mass is 428 g/mol. The van der Waals surface area contributed by atoms with Crippen LogP contribution in [0.15, 0.2) is 54.6 Å². The Bertz CT molecular complexity index is 1030. The van der Waals surface area contributed by atoms with Gasteiger partial charge in [0.1, 0.15) is 0 Å². The zero-order chi connectivity index (χ0) is 20.2. The minimum absolute atomic E-state index is 0.0521. The molecule has 0 spiro atoms. The van der Waals surface area contributed by atoms with Gasteiger partial charge in [0.2, 0.25) is 0 Å². The molecule has 3 aromatic rings. The number of ether oxygens (including phenoxy) is 1. The van der Waals surface area contributed by atoms with Crippen molar-refractivity contribution < 1.29 is 9.53 Å². The highest BCUT2D eigenvalue weighted by Gasteiger charge is 2.17. The van der Waals surface area contributed by atoms with E-state index in [-0.39, 0.29) is 5.91 Å². The number of halogens is 2. The molecule has 0 aromatic heterocycles. The first-order chi connectivity index (χ1) is 14.1. The van der Waals surface area contributed by atoms with Crippen LogP contribution in [0.5, 0.6) is 0 Å². The van der Waals surface area contributed by atoms with Gasteiger partial charge in [0.05, 0.1) is 10.7 Å². The second kappa shape index (κ2) is 9.04. The van der Waals surface area contributed by atoms with Crippen LogP contribution in [0.3, 0.4) is 0 Å². The third kappa shape index (κ3) is 4.67. The fourth-order valence-corrected chi connectivity index (χ4v) is 4.08. The maximum atomic E-state index is 12.9. The average molecular weight is 429 g/mol. The second-order valence-electron chi connectivity index (χ2n) is 7.22. The van der Waals surface area contributed by atoms with E-state index < -0.39 is 0 Å².